The van der Waals surface area contributed by atoms with Crippen molar-refractivity contribution in [2.75, 3.05) is 0 Å². The van der Waals surface area contributed by atoms with Crippen molar-refractivity contribution in [2.24, 2.45) is 9.98 Å². The van der Waals surface area contributed by atoms with Crippen LogP contribution in [0.2, 0.25) is 0 Å². The molecule has 1 unspecified atom stereocenters. The molecule has 4 nitrogen and oxygen atoms in total. The third kappa shape index (κ3) is 7.33. The monoisotopic (exact) mass is 934 g/mol. The van der Waals surface area contributed by atoms with Crippen LogP contribution >= 0.6 is 0 Å². The van der Waals surface area contributed by atoms with E-state index in [1.807, 2.05) is 12.1 Å². The van der Waals surface area contributed by atoms with Gasteiger partial charge in [0.15, 0.2) is 5.84 Å². The van der Waals surface area contributed by atoms with E-state index in [0.29, 0.717) is 11.5 Å². The molecule has 0 saturated carbocycles. The molecule has 73 heavy (non-hydrogen) atoms. The predicted molar refractivity (Wildman–Crippen MR) is 304 cm³/mol. The molecule has 2 aliphatic carbocycles. The molecule has 1 atom stereocenters. The molecule has 0 N–H and O–H groups in total. The van der Waals surface area contributed by atoms with Crippen LogP contribution in [0.5, 0.6) is 0 Å². The SMILES string of the molecule is C=C(N=C(N=C(C)c1ccc2c(c1)C1(c3ccccc3-2)c2ccccc2-c2ccc(-c3cccc(-n4c(CC)nc5ccccc54)c3)cc21)c1cccc(-c2ccccc2)c1)c1cccc(-c2ccccc2)c1. The number of para-hydroxylation sites is 2. The molecule has 1 heterocycles. The van der Waals surface area contributed by atoms with Crippen molar-refractivity contribution >= 4 is 28.3 Å². The minimum Gasteiger partial charge on any atom is -0.296 e. The lowest BCUT2D eigenvalue weighted by Gasteiger charge is -2.31. The largest absolute Gasteiger partial charge is 0.296 e. The Bertz CT molecular complexity index is 4030. The predicted octanol–water partition coefficient (Wildman–Crippen LogP) is 16.9. The maximum atomic E-state index is 5.49. The van der Waals surface area contributed by atoms with E-state index >= 15 is 0 Å². The molecule has 0 radical (unpaired) electrons. The molecule has 10 aromatic carbocycles. The Hall–Kier alpha value is -9.25. The molecule has 1 spiro atoms. The first-order valence-corrected chi connectivity index (χ1v) is 25.2. The summed E-state index contributed by atoms with van der Waals surface area (Å²) in [6, 6.07) is 87.3. The third-order valence-corrected chi connectivity index (χ3v) is 14.9. The molecule has 0 amide bonds. The first kappa shape index (κ1) is 43.7. The summed E-state index contributed by atoms with van der Waals surface area (Å²) in [6.07, 6.45) is 0.831. The number of fused-ring (bicyclic) bond motifs is 11. The zero-order valence-electron chi connectivity index (χ0n) is 40.8. The van der Waals surface area contributed by atoms with Crippen LogP contribution in [0.25, 0.3) is 78.1 Å². The number of aromatic nitrogens is 2. The highest BCUT2D eigenvalue weighted by molar-refractivity contribution is 6.13. The molecule has 0 bridgehead atoms. The third-order valence-electron chi connectivity index (χ3n) is 14.9. The van der Waals surface area contributed by atoms with Crippen LogP contribution in [0.4, 0.5) is 0 Å². The smallest absolute Gasteiger partial charge is 0.160 e. The van der Waals surface area contributed by atoms with Crippen molar-refractivity contribution in [2.45, 2.75) is 25.7 Å². The Labute approximate surface area is 426 Å². The molecule has 0 fully saturated rings. The molecule has 346 valence electrons. The fraction of sp³-hybridized carbons (Fsp3) is 0.0580. The Morgan fingerprint density at radius 2 is 0.959 bits per heavy atom. The summed E-state index contributed by atoms with van der Waals surface area (Å²) in [5.74, 6) is 1.65. The Morgan fingerprint density at radius 1 is 0.438 bits per heavy atom. The van der Waals surface area contributed by atoms with Gasteiger partial charge in [0.25, 0.3) is 0 Å². The van der Waals surface area contributed by atoms with Crippen molar-refractivity contribution in [3.8, 4) is 61.3 Å². The van der Waals surface area contributed by atoms with Crippen LogP contribution in [0.3, 0.4) is 0 Å². The zero-order chi connectivity index (χ0) is 49.0. The zero-order valence-corrected chi connectivity index (χ0v) is 40.8. The number of nitrogens with zero attached hydrogens (tertiary/aromatic N) is 4. The van der Waals surface area contributed by atoms with Gasteiger partial charge in [0, 0.05) is 28.9 Å². The maximum absolute atomic E-state index is 5.49. The Morgan fingerprint density at radius 3 is 1.64 bits per heavy atom. The van der Waals surface area contributed by atoms with E-state index in [0.717, 1.165) is 79.2 Å². The summed E-state index contributed by atoms with van der Waals surface area (Å²) < 4.78 is 2.31. The van der Waals surface area contributed by atoms with Gasteiger partial charge in [-0.1, -0.05) is 208 Å². The summed E-state index contributed by atoms with van der Waals surface area (Å²) in [7, 11) is 0. The van der Waals surface area contributed by atoms with Crippen LogP contribution in [0, 0.1) is 0 Å². The fourth-order valence-corrected chi connectivity index (χ4v) is 11.5. The number of aliphatic imine (C=N–C) groups is 2. The van der Waals surface area contributed by atoms with Gasteiger partial charge in [-0.15, -0.1) is 0 Å². The lowest BCUT2D eigenvalue weighted by Crippen LogP contribution is -2.26. The summed E-state index contributed by atoms with van der Waals surface area (Å²) in [6.45, 7) is 8.84. The van der Waals surface area contributed by atoms with E-state index in [9.17, 15) is 0 Å². The standard InChI is InChI=1S/C69H50N4/c1-4-67-72-65-34-15-16-35-66(65)73(67)56-29-19-27-53(42-56)54-37-39-60-58-31-12-14-33-62(58)69(64(60)44-54)61-32-13-11-30-57(61)59-38-36-50(43-63(59)69)46(3)71-68(55-28-18-26-52(41-55)48-22-9-6-10-23-48)70-45(2)49-24-17-25-51(40-49)47-20-7-5-8-21-47/h5-44H,2,4H2,1,3H3. The van der Waals surface area contributed by atoms with E-state index in [4.69, 9.17) is 15.0 Å². The van der Waals surface area contributed by atoms with E-state index in [1.165, 1.54) is 50.1 Å². The van der Waals surface area contributed by atoms with Crippen LogP contribution in [0.1, 0.15) is 58.6 Å². The van der Waals surface area contributed by atoms with Gasteiger partial charge in [0.2, 0.25) is 0 Å². The first-order valence-electron chi connectivity index (χ1n) is 25.2. The van der Waals surface area contributed by atoms with Gasteiger partial charge in [-0.25, -0.2) is 15.0 Å². The summed E-state index contributed by atoms with van der Waals surface area (Å²) in [4.78, 5) is 15.8. The Kier molecular flexibility index (Phi) is 10.7. The fourth-order valence-electron chi connectivity index (χ4n) is 11.5. The molecule has 4 heteroatoms. The molecule has 0 saturated heterocycles. The average molecular weight is 935 g/mol. The van der Waals surface area contributed by atoms with E-state index < -0.39 is 5.41 Å². The van der Waals surface area contributed by atoms with Crippen LogP contribution in [-0.4, -0.2) is 21.1 Å². The van der Waals surface area contributed by atoms with E-state index in [2.05, 4.69) is 256 Å². The van der Waals surface area contributed by atoms with Crippen molar-refractivity contribution in [1.82, 2.24) is 9.55 Å². The molecule has 2 aliphatic rings. The topological polar surface area (TPSA) is 42.5 Å². The second-order valence-electron chi connectivity index (χ2n) is 19.1. The van der Waals surface area contributed by atoms with Crippen molar-refractivity contribution in [3.63, 3.8) is 0 Å². The number of aryl methyl sites for hydroxylation is 1. The van der Waals surface area contributed by atoms with Crippen molar-refractivity contribution in [1.29, 1.82) is 0 Å². The molecule has 1 aromatic heterocycles. The van der Waals surface area contributed by atoms with Crippen LogP contribution < -0.4 is 0 Å². The lowest BCUT2D eigenvalue weighted by molar-refractivity contribution is 0.794. The highest BCUT2D eigenvalue weighted by Crippen LogP contribution is 2.63. The molecule has 0 aliphatic heterocycles. The van der Waals surface area contributed by atoms with E-state index in [1.54, 1.807) is 0 Å². The number of rotatable bonds is 9. The number of hydrogen-bond donors (Lipinski definition) is 0. The second kappa shape index (κ2) is 17.9. The molecular weight excluding hydrogens is 885 g/mol. The quantitative estimate of drug-likeness (QED) is 0.105. The van der Waals surface area contributed by atoms with Gasteiger partial charge < -0.3 is 0 Å². The second-order valence-corrected chi connectivity index (χ2v) is 19.1. The molecular formula is C69H50N4. The number of imidazole rings is 1. The van der Waals surface area contributed by atoms with Crippen molar-refractivity contribution in [3.05, 3.63) is 294 Å². The van der Waals surface area contributed by atoms with Crippen LogP contribution in [0.15, 0.2) is 259 Å². The number of benzene rings is 10. The minimum absolute atomic E-state index is 0.573. The minimum atomic E-state index is -0.573. The van der Waals surface area contributed by atoms with Gasteiger partial charge in [-0.05, 0) is 139 Å². The van der Waals surface area contributed by atoms with Gasteiger partial charge in [0.05, 0.1) is 22.1 Å². The van der Waals surface area contributed by atoms with Crippen LogP contribution in [-0.2, 0) is 11.8 Å². The van der Waals surface area contributed by atoms with Gasteiger partial charge >= 0.3 is 0 Å². The Balaban J connectivity index is 0.958. The summed E-state index contributed by atoms with van der Waals surface area (Å²) >= 11 is 0. The maximum Gasteiger partial charge on any atom is 0.160 e. The van der Waals surface area contributed by atoms with Crippen molar-refractivity contribution < 1.29 is 0 Å². The van der Waals surface area contributed by atoms with Gasteiger partial charge in [-0.2, -0.15) is 0 Å². The highest BCUT2D eigenvalue weighted by atomic mass is 15.1. The lowest BCUT2D eigenvalue weighted by atomic mass is 9.70. The van der Waals surface area contributed by atoms with Gasteiger partial charge in [-0.3, -0.25) is 4.57 Å². The molecule has 11 aromatic rings. The number of hydrogen-bond acceptors (Lipinski definition) is 2. The number of amidine groups is 1. The van der Waals surface area contributed by atoms with Gasteiger partial charge in [0.1, 0.15) is 5.82 Å². The summed E-state index contributed by atoms with van der Waals surface area (Å²) in [5.41, 5.74) is 24.0. The molecule has 13 rings (SSSR count). The highest BCUT2D eigenvalue weighted by Gasteiger charge is 2.51. The first-order chi connectivity index (χ1) is 36.0. The van der Waals surface area contributed by atoms with E-state index in [-0.39, 0.29) is 0 Å². The summed E-state index contributed by atoms with van der Waals surface area (Å²) in [5, 5.41) is 0. The average Bonchev–Trinajstić information content (AvgIpc) is 4.10. The normalized spacial score (nSPS) is 14.5.